The first-order chi connectivity index (χ1) is 15.0. The minimum absolute atomic E-state index is 0.209. The second kappa shape index (κ2) is 7.40. The smallest absolute Gasteiger partial charge is 0.227 e. The predicted octanol–water partition coefficient (Wildman–Crippen LogP) is 7.03. The number of fused-ring (bicyclic) bond motifs is 2. The Morgan fingerprint density at radius 1 is 0.935 bits per heavy atom. The van der Waals surface area contributed by atoms with Crippen molar-refractivity contribution in [2.75, 3.05) is 0 Å². The third-order valence-electron chi connectivity index (χ3n) is 5.64. The molecule has 0 amide bonds. The average Bonchev–Trinajstić information content (AvgIpc) is 3.18. The highest BCUT2D eigenvalue weighted by atomic mass is 16.3. The van der Waals surface area contributed by atoms with Gasteiger partial charge < -0.3 is 9.52 Å². The minimum atomic E-state index is 0.209. The monoisotopic (exact) mass is 406 g/mol. The molecular weight excluding hydrogens is 384 g/mol. The number of benzene rings is 4. The fourth-order valence-corrected chi connectivity index (χ4v) is 4.04. The summed E-state index contributed by atoms with van der Waals surface area (Å²) in [5.41, 5.74) is 7.30. The summed E-state index contributed by atoms with van der Waals surface area (Å²) in [7, 11) is 0. The zero-order valence-corrected chi connectivity index (χ0v) is 17.7. The van der Waals surface area contributed by atoms with Crippen LogP contribution in [0.4, 0.5) is 5.69 Å². The highest BCUT2D eigenvalue weighted by Gasteiger charge is 2.14. The van der Waals surface area contributed by atoms with Gasteiger partial charge in [-0.25, -0.2) is 4.98 Å². The molecular formula is C27H22N2O2. The van der Waals surface area contributed by atoms with Crippen molar-refractivity contribution in [1.82, 2.24) is 4.98 Å². The fourth-order valence-electron chi connectivity index (χ4n) is 4.04. The van der Waals surface area contributed by atoms with E-state index < -0.39 is 0 Å². The van der Waals surface area contributed by atoms with Gasteiger partial charge in [0.15, 0.2) is 5.58 Å². The molecule has 0 saturated heterocycles. The molecule has 4 heteroatoms. The van der Waals surface area contributed by atoms with Crippen LogP contribution in [0.25, 0.3) is 33.3 Å². The molecule has 0 fully saturated rings. The van der Waals surface area contributed by atoms with Gasteiger partial charge in [-0.05, 0) is 72.5 Å². The molecule has 152 valence electrons. The van der Waals surface area contributed by atoms with Gasteiger partial charge in [-0.1, -0.05) is 42.5 Å². The van der Waals surface area contributed by atoms with E-state index in [1.165, 1.54) is 0 Å². The first kappa shape index (κ1) is 19.1. The molecule has 1 heterocycles. The van der Waals surface area contributed by atoms with Crippen LogP contribution in [-0.2, 0) is 0 Å². The van der Waals surface area contributed by atoms with Crippen molar-refractivity contribution in [3.63, 3.8) is 0 Å². The number of aromatic hydroxyl groups is 1. The number of phenolic OH excluding ortho intramolecular Hbond substituents is 1. The highest BCUT2D eigenvalue weighted by Crippen LogP contribution is 2.33. The van der Waals surface area contributed by atoms with E-state index in [1.807, 2.05) is 68.4 Å². The maximum atomic E-state index is 10.4. The fraction of sp³-hybridized carbons (Fsp3) is 0.111. The van der Waals surface area contributed by atoms with Crippen LogP contribution in [0.5, 0.6) is 5.75 Å². The molecule has 0 aliphatic carbocycles. The van der Waals surface area contributed by atoms with Crippen molar-refractivity contribution in [3.8, 4) is 17.2 Å². The van der Waals surface area contributed by atoms with E-state index in [4.69, 9.17) is 14.4 Å². The van der Waals surface area contributed by atoms with Crippen LogP contribution >= 0.6 is 0 Å². The maximum Gasteiger partial charge on any atom is 0.227 e. The molecule has 4 nitrogen and oxygen atoms in total. The van der Waals surface area contributed by atoms with E-state index in [0.717, 1.165) is 49.8 Å². The molecule has 0 spiro atoms. The zero-order chi connectivity index (χ0) is 21.5. The number of phenols is 1. The molecule has 1 N–H and O–H groups in total. The Kier molecular flexibility index (Phi) is 4.55. The Morgan fingerprint density at radius 3 is 2.65 bits per heavy atom. The van der Waals surface area contributed by atoms with Crippen molar-refractivity contribution in [3.05, 3.63) is 89.0 Å². The van der Waals surface area contributed by atoms with E-state index in [-0.39, 0.29) is 5.75 Å². The summed E-state index contributed by atoms with van der Waals surface area (Å²) in [6, 6.07) is 21.6. The van der Waals surface area contributed by atoms with Crippen molar-refractivity contribution < 1.29 is 9.52 Å². The number of hydrogen-bond donors (Lipinski definition) is 1. The van der Waals surface area contributed by atoms with E-state index in [0.29, 0.717) is 11.5 Å². The lowest BCUT2D eigenvalue weighted by molar-refractivity contribution is 0.475. The van der Waals surface area contributed by atoms with E-state index in [2.05, 4.69) is 13.0 Å². The SMILES string of the molecule is Cc1cc(C)c2oc(-c3cccc(N=Cc4c(O)ccc5ccccc45)c3C)nc2c1. The third kappa shape index (κ3) is 3.36. The van der Waals surface area contributed by atoms with Gasteiger partial charge in [0.05, 0.1) is 5.69 Å². The zero-order valence-electron chi connectivity index (χ0n) is 17.7. The van der Waals surface area contributed by atoms with Crippen molar-refractivity contribution in [2.45, 2.75) is 20.8 Å². The summed E-state index contributed by atoms with van der Waals surface area (Å²) in [5.74, 6) is 0.798. The Labute approximate surface area is 180 Å². The van der Waals surface area contributed by atoms with Gasteiger partial charge in [0.1, 0.15) is 11.3 Å². The van der Waals surface area contributed by atoms with Gasteiger partial charge in [-0.3, -0.25) is 4.99 Å². The molecule has 5 aromatic rings. The lowest BCUT2D eigenvalue weighted by atomic mass is 10.0. The number of nitrogens with zero attached hydrogens (tertiary/aromatic N) is 2. The van der Waals surface area contributed by atoms with Crippen LogP contribution in [0.3, 0.4) is 0 Å². The first-order valence-electron chi connectivity index (χ1n) is 10.2. The Balaban J connectivity index is 1.59. The van der Waals surface area contributed by atoms with Crippen LogP contribution in [0.15, 0.2) is 76.1 Å². The molecule has 0 aliphatic rings. The van der Waals surface area contributed by atoms with E-state index in [1.54, 1.807) is 12.3 Å². The summed E-state index contributed by atoms with van der Waals surface area (Å²) < 4.78 is 6.11. The van der Waals surface area contributed by atoms with Crippen LogP contribution in [-0.4, -0.2) is 16.3 Å². The van der Waals surface area contributed by atoms with Crippen LogP contribution in [0.2, 0.25) is 0 Å². The molecule has 1 aromatic heterocycles. The molecule has 4 aromatic carbocycles. The van der Waals surface area contributed by atoms with Crippen LogP contribution < -0.4 is 0 Å². The highest BCUT2D eigenvalue weighted by molar-refractivity contribution is 6.03. The summed E-state index contributed by atoms with van der Waals surface area (Å²) in [4.78, 5) is 9.43. The molecule has 31 heavy (non-hydrogen) atoms. The van der Waals surface area contributed by atoms with Gasteiger partial charge in [0.25, 0.3) is 0 Å². The molecule has 0 atom stereocenters. The molecule has 0 aliphatic heterocycles. The lowest BCUT2D eigenvalue weighted by Crippen LogP contribution is -1.88. The Bertz CT molecular complexity index is 1480. The van der Waals surface area contributed by atoms with Crippen molar-refractivity contribution >= 4 is 33.8 Å². The van der Waals surface area contributed by atoms with Gasteiger partial charge >= 0.3 is 0 Å². The number of aliphatic imine (C=N–C) groups is 1. The third-order valence-corrected chi connectivity index (χ3v) is 5.64. The molecule has 0 bridgehead atoms. The van der Waals surface area contributed by atoms with Gasteiger partial charge in [-0.2, -0.15) is 0 Å². The quantitative estimate of drug-likeness (QED) is 0.327. The standard InChI is InChI=1S/C27H22N2O2/c1-16-13-17(2)26-24(14-16)29-27(31-26)20-9-6-10-23(18(20)3)28-15-22-21-8-5-4-7-19(21)11-12-25(22)30/h4-15,30H,1-3H3. The Hall–Kier alpha value is -3.92. The number of oxazole rings is 1. The van der Waals surface area contributed by atoms with Gasteiger partial charge in [0.2, 0.25) is 5.89 Å². The number of hydrogen-bond acceptors (Lipinski definition) is 4. The molecule has 0 unspecified atom stereocenters. The largest absolute Gasteiger partial charge is 0.507 e. The second-order valence-electron chi connectivity index (χ2n) is 7.88. The first-order valence-corrected chi connectivity index (χ1v) is 10.2. The summed E-state index contributed by atoms with van der Waals surface area (Å²) >= 11 is 0. The summed E-state index contributed by atoms with van der Waals surface area (Å²) in [5, 5.41) is 12.4. The molecule has 0 saturated carbocycles. The maximum absolute atomic E-state index is 10.4. The van der Waals surface area contributed by atoms with Crippen molar-refractivity contribution in [1.29, 1.82) is 0 Å². The minimum Gasteiger partial charge on any atom is -0.507 e. The molecule has 5 rings (SSSR count). The van der Waals surface area contributed by atoms with Crippen LogP contribution in [0.1, 0.15) is 22.3 Å². The molecule has 0 radical (unpaired) electrons. The summed E-state index contributed by atoms with van der Waals surface area (Å²) in [6.45, 7) is 6.11. The van der Waals surface area contributed by atoms with E-state index in [9.17, 15) is 5.11 Å². The predicted molar refractivity (Wildman–Crippen MR) is 127 cm³/mol. The topological polar surface area (TPSA) is 58.6 Å². The van der Waals surface area contributed by atoms with Gasteiger partial charge in [-0.15, -0.1) is 0 Å². The number of aromatic nitrogens is 1. The number of rotatable bonds is 3. The van der Waals surface area contributed by atoms with Crippen LogP contribution in [0, 0.1) is 20.8 Å². The summed E-state index contributed by atoms with van der Waals surface area (Å²) in [6.07, 6.45) is 1.73. The van der Waals surface area contributed by atoms with Gasteiger partial charge in [0, 0.05) is 17.3 Å². The van der Waals surface area contributed by atoms with Crippen molar-refractivity contribution in [2.24, 2.45) is 4.99 Å². The lowest BCUT2D eigenvalue weighted by Gasteiger charge is -2.07. The normalized spacial score (nSPS) is 11.7. The average molecular weight is 406 g/mol. The Morgan fingerprint density at radius 2 is 1.77 bits per heavy atom. The van der Waals surface area contributed by atoms with E-state index >= 15 is 0 Å². The number of aryl methyl sites for hydroxylation is 2. The second-order valence-corrected chi connectivity index (χ2v) is 7.88.